The summed E-state index contributed by atoms with van der Waals surface area (Å²) in [6.07, 6.45) is 2.60. The van der Waals surface area contributed by atoms with Crippen LogP contribution in [0.4, 0.5) is 8.78 Å². The monoisotopic (exact) mass is 497 g/mol. The summed E-state index contributed by atoms with van der Waals surface area (Å²) in [5.74, 6) is -0.539. The van der Waals surface area contributed by atoms with Crippen LogP contribution in [0, 0.1) is 17.8 Å². The molecule has 0 spiro atoms. The van der Waals surface area contributed by atoms with Crippen LogP contribution in [0.2, 0.25) is 0 Å². The molecular formula is C29H33F2NO4. The van der Waals surface area contributed by atoms with E-state index < -0.39 is 5.92 Å². The fourth-order valence-corrected chi connectivity index (χ4v) is 6.52. The number of nitrogens with zero attached hydrogens (tertiary/aromatic N) is 1. The number of methoxy groups -OCH3 is 1. The zero-order chi connectivity index (χ0) is 25.2. The summed E-state index contributed by atoms with van der Waals surface area (Å²) in [6, 6.07) is 9.19. The van der Waals surface area contributed by atoms with Gasteiger partial charge in [-0.1, -0.05) is 25.1 Å². The predicted octanol–water partition coefficient (Wildman–Crippen LogP) is 5.60. The third kappa shape index (κ3) is 4.15. The van der Waals surface area contributed by atoms with Crippen LogP contribution in [0.5, 0.6) is 11.5 Å². The van der Waals surface area contributed by atoms with Gasteiger partial charge in [-0.25, -0.2) is 8.78 Å². The fraction of sp³-hybridized carbons (Fsp3) is 0.552. The lowest BCUT2D eigenvalue weighted by atomic mass is 9.89. The molecule has 5 nitrogen and oxygen atoms in total. The number of fused-ring (bicyclic) bond motifs is 3. The van der Waals surface area contributed by atoms with Crippen LogP contribution in [0.15, 0.2) is 30.3 Å². The molecule has 0 N–H and O–H groups in total. The summed E-state index contributed by atoms with van der Waals surface area (Å²) in [4.78, 5) is 14.4. The molecule has 2 heterocycles. The van der Waals surface area contributed by atoms with Gasteiger partial charge in [0.1, 0.15) is 17.6 Å². The summed E-state index contributed by atoms with van der Waals surface area (Å²) in [5, 5.41) is 0. The molecule has 0 bridgehead atoms. The molecule has 0 amide bonds. The van der Waals surface area contributed by atoms with Crippen molar-refractivity contribution >= 4 is 5.97 Å². The van der Waals surface area contributed by atoms with E-state index in [0.717, 1.165) is 72.7 Å². The van der Waals surface area contributed by atoms with Crippen LogP contribution >= 0.6 is 0 Å². The topological polar surface area (TPSA) is 48.0 Å². The number of rotatable bonds is 7. The van der Waals surface area contributed by atoms with Gasteiger partial charge in [-0.05, 0) is 53.9 Å². The maximum atomic E-state index is 14.6. The fourth-order valence-electron chi connectivity index (χ4n) is 6.52. The maximum Gasteiger partial charge on any atom is 0.309 e. The Morgan fingerprint density at radius 1 is 1.19 bits per heavy atom. The number of likely N-dealkylation sites (tertiary alicyclic amines) is 1. The molecule has 4 aliphatic rings. The molecule has 2 aliphatic heterocycles. The SMILES string of the molecule is COC(=O)C(C)C1COc2cc(O[C@@H]3CCc4c3ccc(C(C)(F)F)c4CN3CC4CC4C3)ccc21. The van der Waals surface area contributed by atoms with Gasteiger partial charge in [0.2, 0.25) is 0 Å². The number of esters is 1. The van der Waals surface area contributed by atoms with Crippen molar-refractivity contribution in [3.63, 3.8) is 0 Å². The molecule has 0 aromatic heterocycles. The second-order valence-corrected chi connectivity index (χ2v) is 11.1. The van der Waals surface area contributed by atoms with Gasteiger partial charge in [0.05, 0.1) is 19.6 Å². The molecule has 5 atom stereocenters. The van der Waals surface area contributed by atoms with Gasteiger partial charge in [-0.3, -0.25) is 9.69 Å². The van der Waals surface area contributed by atoms with Crippen LogP contribution in [-0.2, 0) is 28.4 Å². The standard InChI is InChI=1S/C29H33F2NO4/c1-16(28(33)34-3)24-15-35-27-11-19(4-5-22(24)27)36-26-9-7-20-21(26)6-8-25(29(2,30)31)23(20)14-32-12-17-10-18(17)13-32/h4-6,8,11,16-18,24,26H,7,9-10,12-15H2,1-3H3/t16?,17?,18?,24?,26-/m1/s1. The Morgan fingerprint density at radius 3 is 2.67 bits per heavy atom. The molecule has 2 aliphatic carbocycles. The Kier molecular flexibility index (Phi) is 5.74. The number of ether oxygens (including phenoxy) is 3. The molecule has 192 valence electrons. The molecule has 2 aromatic rings. The van der Waals surface area contributed by atoms with E-state index in [2.05, 4.69) is 4.90 Å². The van der Waals surface area contributed by atoms with Crippen molar-refractivity contribution in [2.75, 3.05) is 26.8 Å². The summed E-state index contributed by atoms with van der Waals surface area (Å²) < 4.78 is 46.3. The van der Waals surface area contributed by atoms with Gasteiger partial charge < -0.3 is 14.2 Å². The van der Waals surface area contributed by atoms with Crippen molar-refractivity contribution in [1.29, 1.82) is 0 Å². The first-order valence-corrected chi connectivity index (χ1v) is 13.0. The van der Waals surface area contributed by atoms with Crippen molar-refractivity contribution in [2.45, 2.75) is 57.6 Å². The second-order valence-electron chi connectivity index (χ2n) is 11.1. The number of carbonyl (C=O) groups is 1. The van der Waals surface area contributed by atoms with E-state index in [4.69, 9.17) is 14.2 Å². The summed E-state index contributed by atoms with van der Waals surface area (Å²) in [5.41, 5.74) is 3.97. The van der Waals surface area contributed by atoms with E-state index in [1.54, 1.807) is 6.07 Å². The molecule has 1 saturated carbocycles. The van der Waals surface area contributed by atoms with Crippen molar-refractivity contribution < 1.29 is 27.8 Å². The molecule has 36 heavy (non-hydrogen) atoms. The van der Waals surface area contributed by atoms with Crippen LogP contribution in [0.1, 0.15) is 66.5 Å². The quantitative estimate of drug-likeness (QED) is 0.466. The number of alkyl halides is 2. The van der Waals surface area contributed by atoms with E-state index >= 15 is 0 Å². The van der Waals surface area contributed by atoms with Crippen molar-refractivity contribution in [3.8, 4) is 11.5 Å². The van der Waals surface area contributed by atoms with E-state index in [9.17, 15) is 13.6 Å². The largest absolute Gasteiger partial charge is 0.492 e. The van der Waals surface area contributed by atoms with Crippen molar-refractivity contribution in [1.82, 2.24) is 4.90 Å². The molecular weight excluding hydrogens is 464 g/mol. The molecule has 1 saturated heterocycles. The number of piperidine rings is 1. The number of benzene rings is 2. The smallest absolute Gasteiger partial charge is 0.309 e. The average Bonchev–Trinajstić information content (AvgIpc) is 3.19. The highest BCUT2D eigenvalue weighted by atomic mass is 19.3. The Labute approximate surface area is 210 Å². The summed E-state index contributed by atoms with van der Waals surface area (Å²) in [7, 11) is 1.40. The number of halogens is 2. The van der Waals surface area contributed by atoms with Crippen LogP contribution in [0.3, 0.4) is 0 Å². The highest BCUT2D eigenvalue weighted by Gasteiger charge is 2.45. The van der Waals surface area contributed by atoms with Crippen LogP contribution in [0.25, 0.3) is 0 Å². The summed E-state index contributed by atoms with van der Waals surface area (Å²) >= 11 is 0. The number of hydrogen-bond donors (Lipinski definition) is 0. The van der Waals surface area contributed by atoms with Crippen molar-refractivity contribution in [3.05, 3.63) is 58.1 Å². The van der Waals surface area contributed by atoms with Crippen molar-refractivity contribution in [2.24, 2.45) is 17.8 Å². The van der Waals surface area contributed by atoms with Gasteiger partial charge in [0.25, 0.3) is 5.92 Å². The lowest BCUT2D eigenvalue weighted by Crippen LogP contribution is -2.25. The molecule has 7 heteroatoms. The van der Waals surface area contributed by atoms with E-state index in [1.165, 1.54) is 13.5 Å². The minimum Gasteiger partial charge on any atom is -0.492 e. The predicted molar refractivity (Wildman–Crippen MR) is 130 cm³/mol. The lowest BCUT2D eigenvalue weighted by Gasteiger charge is -2.25. The van der Waals surface area contributed by atoms with E-state index in [0.29, 0.717) is 18.9 Å². The van der Waals surface area contributed by atoms with Gasteiger partial charge in [-0.2, -0.15) is 0 Å². The van der Waals surface area contributed by atoms with Gasteiger partial charge in [-0.15, -0.1) is 0 Å². The normalized spacial score (nSPS) is 27.1. The second kappa shape index (κ2) is 8.72. The zero-order valence-corrected chi connectivity index (χ0v) is 21.1. The highest BCUT2D eigenvalue weighted by Crippen LogP contribution is 2.48. The average molecular weight is 498 g/mol. The Morgan fingerprint density at radius 2 is 1.94 bits per heavy atom. The first-order chi connectivity index (χ1) is 17.2. The minimum atomic E-state index is -2.87. The molecule has 2 fully saturated rings. The molecule has 2 aromatic carbocycles. The molecule has 0 radical (unpaired) electrons. The Bertz CT molecular complexity index is 1180. The van der Waals surface area contributed by atoms with E-state index in [-0.39, 0.29) is 29.5 Å². The summed E-state index contributed by atoms with van der Waals surface area (Å²) in [6.45, 7) is 5.92. The highest BCUT2D eigenvalue weighted by molar-refractivity contribution is 5.73. The number of hydrogen-bond acceptors (Lipinski definition) is 5. The third-order valence-electron chi connectivity index (χ3n) is 8.64. The maximum absolute atomic E-state index is 14.6. The van der Waals surface area contributed by atoms with Crippen LogP contribution in [-0.4, -0.2) is 37.7 Å². The van der Waals surface area contributed by atoms with Crippen LogP contribution < -0.4 is 9.47 Å². The van der Waals surface area contributed by atoms with Gasteiger partial charge >= 0.3 is 5.97 Å². The first kappa shape index (κ1) is 23.7. The van der Waals surface area contributed by atoms with E-state index in [1.807, 2.05) is 31.2 Å². The zero-order valence-electron chi connectivity index (χ0n) is 21.1. The molecule has 6 rings (SSSR count). The lowest BCUT2D eigenvalue weighted by molar-refractivity contribution is -0.145. The molecule has 4 unspecified atom stereocenters. The third-order valence-corrected chi connectivity index (χ3v) is 8.64. The minimum absolute atomic E-state index is 0.0537. The Hall–Kier alpha value is -2.67. The Balaban J connectivity index is 1.23. The van der Waals surface area contributed by atoms with Gasteiger partial charge in [0, 0.05) is 49.7 Å². The number of carbonyl (C=O) groups excluding carboxylic acids is 1. The van der Waals surface area contributed by atoms with Gasteiger partial charge in [0.15, 0.2) is 0 Å². The first-order valence-electron chi connectivity index (χ1n) is 13.0.